The van der Waals surface area contributed by atoms with Crippen molar-refractivity contribution in [3.05, 3.63) is 89.5 Å². The summed E-state index contributed by atoms with van der Waals surface area (Å²) in [6.45, 7) is 2.21. The average Bonchev–Trinajstić information content (AvgIpc) is 3.04. The molecule has 0 spiro atoms. The standard InChI is InChI=1S/C22H18/c1-16-14-15-18-10-7-13-20(18)22(16)21-12-6-5-11-19(21)17-8-3-2-4-9-17/h2-9,11-15H,10H2,1H3. The topological polar surface area (TPSA) is 0 Å². The molecule has 0 nitrogen and oxygen atoms in total. The number of fused-ring (bicyclic) bond motifs is 1. The SMILES string of the molecule is Cc1ccc2c(c1-c1ccccc1-c1ccccc1)C=CC2. The summed E-state index contributed by atoms with van der Waals surface area (Å²) in [5.74, 6) is 0. The molecule has 0 fully saturated rings. The number of hydrogen-bond acceptors (Lipinski definition) is 0. The Balaban J connectivity index is 2.00. The molecule has 1 aliphatic carbocycles. The Labute approximate surface area is 131 Å². The molecule has 0 aliphatic heterocycles. The van der Waals surface area contributed by atoms with Gasteiger partial charge in [0.25, 0.3) is 0 Å². The zero-order valence-corrected chi connectivity index (χ0v) is 12.7. The highest BCUT2D eigenvalue weighted by molar-refractivity contribution is 5.90. The van der Waals surface area contributed by atoms with Crippen molar-refractivity contribution < 1.29 is 0 Å². The van der Waals surface area contributed by atoms with E-state index in [1.807, 2.05) is 0 Å². The van der Waals surface area contributed by atoms with E-state index in [4.69, 9.17) is 0 Å². The van der Waals surface area contributed by atoms with E-state index in [2.05, 4.69) is 85.8 Å². The van der Waals surface area contributed by atoms with Crippen molar-refractivity contribution in [1.82, 2.24) is 0 Å². The smallest absolute Gasteiger partial charge is 0.00731 e. The fourth-order valence-electron chi connectivity index (χ4n) is 3.37. The minimum Gasteiger partial charge on any atom is -0.0795 e. The number of allylic oxidation sites excluding steroid dienone is 1. The van der Waals surface area contributed by atoms with Gasteiger partial charge in [-0.15, -0.1) is 0 Å². The van der Waals surface area contributed by atoms with Gasteiger partial charge in [0.15, 0.2) is 0 Å². The number of benzene rings is 3. The second kappa shape index (κ2) is 5.31. The van der Waals surface area contributed by atoms with Crippen LogP contribution in [-0.4, -0.2) is 0 Å². The van der Waals surface area contributed by atoms with Crippen LogP contribution in [0, 0.1) is 6.92 Å². The van der Waals surface area contributed by atoms with E-state index < -0.39 is 0 Å². The molecule has 0 bridgehead atoms. The van der Waals surface area contributed by atoms with Gasteiger partial charge in [0, 0.05) is 0 Å². The highest BCUT2D eigenvalue weighted by atomic mass is 14.2. The van der Waals surface area contributed by atoms with Gasteiger partial charge in [-0.25, -0.2) is 0 Å². The molecular formula is C22H18. The lowest BCUT2D eigenvalue weighted by molar-refractivity contribution is 1.29. The molecule has 106 valence electrons. The van der Waals surface area contributed by atoms with Crippen molar-refractivity contribution in [2.75, 3.05) is 0 Å². The van der Waals surface area contributed by atoms with Crippen LogP contribution in [0.2, 0.25) is 0 Å². The van der Waals surface area contributed by atoms with E-state index in [9.17, 15) is 0 Å². The number of hydrogen-bond donors (Lipinski definition) is 0. The fourth-order valence-corrected chi connectivity index (χ4v) is 3.37. The lowest BCUT2D eigenvalue weighted by atomic mass is 9.88. The monoisotopic (exact) mass is 282 g/mol. The maximum Gasteiger partial charge on any atom is -0.00731 e. The molecule has 0 radical (unpaired) electrons. The van der Waals surface area contributed by atoms with Crippen molar-refractivity contribution in [2.45, 2.75) is 13.3 Å². The lowest BCUT2D eigenvalue weighted by Crippen LogP contribution is -1.93. The minimum absolute atomic E-state index is 1.05. The van der Waals surface area contributed by atoms with Crippen LogP contribution in [-0.2, 0) is 6.42 Å². The van der Waals surface area contributed by atoms with Gasteiger partial charge in [-0.2, -0.15) is 0 Å². The second-order valence-electron chi connectivity index (χ2n) is 5.85. The normalized spacial score (nSPS) is 12.4. The first-order valence-electron chi connectivity index (χ1n) is 7.78. The van der Waals surface area contributed by atoms with E-state index in [-0.39, 0.29) is 0 Å². The Kier molecular flexibility index (Phi) is 3.16. The summed E-state index contributed by atoms with van der Waals surface area (Å²) in [7, 11) is 0. The Bertz CT molecular complexity index is 854. The Hall–Kier alpha value is -2.60. The summed E-state index contributed by atoms with van der Waals surface area (Å²) in [5, 5.41) is 0. The van der Waals surface area contributed by atoms with Crippen molar-refractivity contribution in [1.29, 1.82) is 0 Å². The molecule has 0 unspecified atom stereocenters. The summed E-state index contributed by atoms with van der Waals surface area (Å²) >= 11 is 0. The zero-order valence-electron chi connectivity index (χ0n) is 12.7. The van der Waals surface area contributed by atoms with Crippen molar-refractivity contribution >= 4 is 6.08 Å². The highest BCUT2D eigenvalue weighted by Gasteiger charge is 2.16. The van der Waals surface area contributed by atoms with Crippen LogP contribution in [0.5, 0.6) is 0 Å². The molecule has 3 aromatic carbocycles. The van der Waals surface area contributed by atoms with E-state index in [1.165, 1.54) is 38.9 Å². The third kappa shape index (κ3) is 2.08. The van der Waals surface area contributed by atoms with Crippen LogP contribution in [0.4, 0.5) is 0 Å². The molecule has 0 atom stereocenters. The molecule has 0 heterocycles. The second-order valence-corrected chi connectivity index (χ2v) is 5.85. The maximum absolute atomic E-state index is 2.28. The van der Waals surface area contributed by atoms with E-state index in [0.29, 0.717) is 0 Å². The molecule has 3 aromatic rings. The first-order valence-corrected chi connectivity index (χ1v) is 7.78. The van der Waals surface area contributed by atoms with E-state index in [0.717, 1.165) is 6.42 Å². The Morgan fingerprint density at radius 1 is 0.727 bits per heavy atom. The van der Waals surface area contributed by atoms with Crippen LogP contribution in [0.25, 0.3) is 28.3 Å². The zero-order chi connectivity index (χ0) is 14.9. The maximum atomic E-state index is 2.28. The minimum atomic E-state index is 1.05. The van der Waals surface area contributed by atoms with Crippen LogP contribution >= 0.6 is 0 Å². The van der Waals surface area contributed by atoms with Crippen molar-refractivity contribution in [3.63, 3.8) is 0 Å². The van der Waals surface area contributed by atoms with Crippen molar-refractivity contribution in [2.24, 2.45) is 0 Å². The number of aryl methyl sites for hydroxylation is 1. The molecule has 22 heavy (non-hydrogen) atoms. The Morgan fingerprint density at radius 3 is 2.27 bits per heavy atom. The predicted octanol–water partition coefficient (Wildman–Crippen LogP) is 5.90. The highest BCUT2D eigenvalue weighted by Crippen LogP contribution is 2.39. The largest absolute Gasteiger partial charge is 0.0795 e. The quantitative estimate of drug-likeness (QED) is 0.549. The van der Waals surface area contributed by atoms with Crippen LogP contribution in [0.1, 0.15) is 16.7 Å². The summed E-state index contributed by atoms with van der Waals surface area (Å²) in [4.78, 5) is 0. The van der Waals surface area contributed by atoms with Gasteiger partial charge in [0.1, 0.15) is 0 Å². The molecule has 1 aliphatic rings. The van der Waals surface area contributed by atoms with Gasteiger partial charge in [-0.05, 0) is 52.3 Å². The van der Waals surface area contributed by atoms with Gasteiger partial charge < -0.3 is 0 Å². The first kappa shape index (κ1) is 13.1. The summed E-state index contributed by atoms with van der Waals surface area (Å²) in [6, 6.07) is 23.9. The third-order valence-corrected chi connectivity index (χ3v) is 4.45. The van der Waals surface area contributed by atoms with Gasteiger partial charge in [-0.1, -0.05) is 78.9 Å². The van der Waals surface area contributed by atoms with Crippen LogP contribution < -0.4 is 0 Å². The molecule has 4 rings (SSSR count). The van der Waals surface area contributed by atoms with Gasteiger partial charge in [0.05, 0.1) is 0 Å². The summed E-state index contributed by atoms with van der Waals surface area (Å²) in [6.07, 6.45) is 5.59. The van der Waals surface area contributed by atoms with Gasteiger partial charge in [-0.3, -0.25) is 0 Å². The van der Waals surface area contributed by atoms with E-state index >= 15 is 0 Å². The molecule has 0 amide bonds. The van der Waals surface area contributed by atoms with E-state index in [1.54, 1.807) is 0 Å². The van der Waals surface area contributed by atoms with Gasteiger partial charge in [0.2, 0.25) is 0 Å². The lowest BCUT2D eigenvalue weighted by Gasteiger charge is -2.16. The Morgan fingerprint density at radius 2 is 1.45 bits per heavy atom. The summed E-state index contributed by atoms with van der Waals surface area (Å²) in [5.41, 5.74) is 9.46. The van der Waals surface area contributed by atoms with Crippen LogP contribution in [0.15, 0.2) is 72.8 Å². The third-order valence-electron chi connectivity index (χ3n) is 4.45. The molecular weight excluding hydrogens is 264 g/mol. The van der Waals surface area contributed by atoms with Crippen LogP contribution in [0.3, 0.4) is 0 Å². The molecule has 0 saturated heterocycles. The number of rotatable bonds is 2. The predicted molar refractivity (Wildman–Crippen MR) is 94.8 cm³/mol. The molecule has 0 aromatic heterocycles. The average molecular weight is 282 g/mol. The first-order chi connectivity index (χ1) is 10.8. The van der Waals surface area contributed by atoms with Gasteiger partial charge >= 0.3 is 0 Å². The molecule has 0 N–H and O–H groups in total. The fraction of sp³-hybridized carbons (Fsp3) is 0.0909. The van der Waals surface area contributed by atoms with Crippen molar-refractivity contribution in [3.8, 4) is 22.3 Å². The molecule has 0 heteroatoms. The molecule has 0 saturated carbocycles. The summed E-state index contributed by atoms with van der Waals surface area (Å²) < 4.78 is 0.